The van der Waals surface area contributed by atoms with Crippen molar-refractivity contribution in [3.8, 4) is 0 Å². The van der Waals surface area contributed by atoms with E-state index >= 15 is 0 Å². The van der Waals surface area contributed by atoms with Crippen LogP contribution in [0.15, 0.2) is 23.5 Å². The lowest BCUT2D eigenvalue weighted by molar-refractivity contribution is -0.431. The lowest BCUT2D eigenvalue weighted by Crippen LogP contribution is -2.23. The molecule has 4 heteroatoms. The first-order valence-electron chi connectivity index (χ1n) is 2.96. The summed E-state index contributed by atoms with van der Waals surface area (Å²) in [5.41, 5.74) is 1.10. The van der Waals surface area contributed by atoms with Gasteiger partial charge in [-0.15, -0.1) is 0 Å². The zero-order valence-electron chi connectivity index (χ0n) is 5.63. The number of nitrogens with one attached hydrogen (secondary N) is 1. The molecular weight excluding hydrogens is 132 g/mol. The van der Waals surface area contributed by atoms with Crippen LogP contribution >= 0.6 is 0 Å². The van der Waals surface area contributed by atoms with E-state index in [2.05, 4.69) is 5.32 Å². The molecule has 0 saturated carbocycles. The summed E-state index contributed by atoms with van der Waals surface area (Å²) >= 11 is 0. The average molecular weight is 140 g/mol. The first-order valence-corrected chi connectivity index (χ1v) is 2.96. The van der Waals surface area contributed by atoms with Gasteiger partial charge in [0, 0.05) is 6.08 Å². The molecule has 0 atom stereocenters. The van der Waals surface area contributed by atoms with Gasteiger partial charge in [-0.25, -0.2) is 0 Å². The second-order valence-electron chi connectivity index (χ2n) is 2.18. The van der Waals surface area contributed by atoms with Gasteiger partial charge in [0.05, 0.1) is 0 Å². The third-order valence-electron chi connectivity index (χ3n) is 1.27. The van der Waals surface area contributed by atoms with Gasteiger partial charge in [-0.3, -0.25) is 5.32 Å². The molecule has 1 aliphatic heterocycles. The largest absolute Gasteiger partial charge is 0.358 e. The Kier molecular flexibility index (Phi) is 1.71. The van der Waals surface area contributed by atoms with E-state index in [1.807, 2.05) is 6.92 Å². The third kappa shape index (κ3) is 1.34. The number of hydrogen-bond acceptors (Lipinski definition) is 3. The Bertz CT molecular complexity index is 218. The fraction of sp³-hybridized carbons (Fsp3) is 0.333. The van der Waals surface area contributed by atoms with Crippen LogP contribution in [0.25, 0.3) is 0 Å². The Balaban J connectivity index is 2.74. The average Bonchev–Trinajstić information content (AvgIpc) is 1.88. The number of dihydropyridines is 1. The van der Waals surface area contributed by atoms with Crippen LogP contribution in [-0.2, 0) is 0 Å². The molecule has 1 aliphatic rings. The molecule has 0 spiro atoms. The van der Waals surface area contributed by atoms with Gasteiger partial charge in [0.25, 0.3) is 0 Å². The van der Waals surface area contributed by atoms with E-state index in [1.54, 1.807) is 6.08 Å². The van der Waals surface area contributed by atoms with Crippen molar-refractivity contribution < 1.29 is 4.92 Å². The first kappa shape index (κ1) is 6.80. The normalized spacial score (nSPS) is 16.9. The van der Waals surface area contributed by atoms with Gasteiger partial charge in [0.15, 0.2) is 0 Å². The highest BCUT2D eigenvalue weighted by Gasteiger charge is 2.09. The molecule has 0 amide bonds. The molecule has 0 unspecified atom stereocenters. The quantitative estimate of drug-likeness (QED) is 0.430. The monoisotopic (exact) mass is 140 g/mol. The predicted octanol–water partition coefficient (Wildman–Crippen LogP) is 0.654. The molecule has 0 aromatic heterocycles. The minimum atomic E-state index is -0.428. The van der Waals surface area contributed by atoms with Crippen molar-refractivity contribution >= 4 is 0 Å². The predicted molar refractivity (Wildman–Crippen MR) is 36.8 cm³/mol. The molecule has 0 radical (unpaired) electrons. The van der Waals surface area contributed by atoms with Crippen molar-refractivity contribution in [3.63, 3.8) is 0 Å². The minimum absolute atomic E-state index is 0.0746. The van der Waals surface area contributed by atoms with Crippen molar-refractivity contribution in [1.82, 2.24) is 5.32 Å². The molecule has 0 bridgehead atoms. The first-order chi connectivity index (χ1) is 4.70. The standard InChI is InChI=1S/C6H8N2O2/c1-5-2-3-6(7-4-5)8(9)10/h2-3,7H,4H2,1H3. The summed E-state index contributed by atoms with van der Waals surface area (Å²) in [6.45, 7) is 2.49. The highest BCUT2D eigenvalue weighted by atomic mass is 16.6. The summed E-state index contributed by atoms with van der Waals surface area (Å²) in [7, 11) is 0. The molecule has 0 aromatic rings. The maximum Gasteiger partial charge on any atom is 0.316 e. The van der Waals surface area contributed by atoms with E-state index in [9.17, 15) is 10.1 Å². The summed E-state index contributed by atoms with van der Waals surface area (Å²) < 4.78 is 0. The maximum atomic E-state index is 10.1. The zero-order chi connectivity index (χ0) is 7.56. The summed E-state index contributed by atoms with van der Waals surface area (Å²) in [5.74, 6) is 0.0746. The van der Waals surface area contributed by atoms with E-state index in [-0.39, 0.29) is 5.82 Å². The van der Waals surface area contributed by atoms with Gasteiger partial charge in [-0.1, -0.05) is 6.08 Å². The molecule has 1 N–H and O–H groups in total. The minimum Gasteiger partial charge on any atom is -0.358 e. The SMILES string of the molecule is CC1=CC=C([N+](=O)[O-])NC1. The van der Waals surface area contributed by atoms with Crippen LogP contribution in [0.2, 0.25) is 0 Å². The van der Waals surface area contributed by atoms with Gasteiger partial charge in [-0.05, 0) is 17.4 Å². The molecule has 0 aromatic carbocycles. The van der Waals surface area contributed by atoms with Crippen LogP contribution in [-0.4, -0.2) is 11.5 Å². The molecule has 1 heterocycles. The number of rotatable bonds is 1. The molecular formula is C6H8N2O2. The van der Waals surface area contributed by atoms with Crippen LogP contribution in [0.1, 0.15) is 6.92 Å². The molecule has 0 fully saturated rings. The van der Waals surface area contributed by atoms with E-state index < -0.39 is 4.92 Å². The van der Waals surface area contributed by atoms with Crippen molar-refractivity contribution in [2.45, 2.75) is 6.92 Å². The number of hydrogen-bond donors (Lipinski definition) is 1. The molecule has 10 heavy (non-hydrogen) atoms. The van der Waals surface area contributed by atoms with Crippen molar-refractivity contribution in [2.24, 2.45) is 0 Å². The fourth-order valence-corrected chi connectivity index (χ4v) is 0.694. The zero-order valence-corrected chi connectivity index (χ0v) is 5.63. The van der Waals surface area contributed by atoms with E-state index in [0.29, 0.717) is 6.54 Å². The lowest BCUT2D eigenvalue weighted by Gasteiger charge is -2.06. The summed E-state index contributed by atoms with van der Waals surface area (Å²) in [4.78, 5) is 9.68. The van der Waals surface area contributed by atoms with Gasteiger partial charge in [0.1, 0.15) is 6.54 Å². The smallest absolute Gasteiger partial charge is 0.316 e. The summed E-state index contributed by atoms with van der Waals surface area (Å²) in [5, 5.41) is 12.8. The number of nitro groups is 1. The second-order valence-corrected chi connectivity index (χ2v) is 2.18. The van der Waals surface area contributed by atoms with E-state index in [0.717, 1.165) is 5.57 Å². The van der Waals surface area contributed by atoms with Gasteiger partial charge in [0.2, 0.25) is 0 Å². The molecule has 1 rings (SSSR count). The molecule has 4 nitrogen and oxygen atoms in total. The van der Waals surface area contributed by atoms with Crippen LogP contribution in [0, 0.1) is 10.1 Å². The summed E-state index contributed by atoms with van der Waals surface area (Å²) in [6, 6.07) is 0. The van der Waals surface area contributed by atoms with Crippen molar-refractivity contribution in [3.05, 3.63) is 33.7 Å². The summed E-state index contributed by atoms with van der Waals surface area (Å²) in [6.07, 6.45) is 3.22. The molecule has 54 valence electrons. The Labute approximate surface area is 58.4 Å². The van der Waals surface area contributed by atoms with Gasteiger partial charge in [-0.2, -0.15) is 0 Å². The lowest BCUT2D eigenvalue weighted by atomic mass is 10.2. The highest BCUT2D eigenvalue weighted by molar-refractivity contribution is 5.18. The van der Waals surface area contributed by atoms with E-state index in [1.165, 1.54) is 6.08 Å². The Hall–Kier alpha value is -1.32. The maximum absolute atomic E-state index is 10.1. The number of allylic oxidation sites excluding steroid dienone is 2. The number of nitrogens with zero attached hydrogens (tertiary/aromatic N) is 1. The van der Waals surface area contributed by atoms with Crippen molar-refractivity contribution in [1.29, 1.82) is 0 Å². The molecule has 0 aliphatic carbocycles. The Morgan fingerprint density at radius 1 is 1.70 bits per heavy atom. The van der Waals surface area contributed by atoms with Crippen LogP contribution < -0.4 is 5.32 Å². The topological polar surface area (TPSA) is 55.2 Å². The van der Waals surface area contributed by atoms with Crippen LogP contribution in [0.3, 0.4) is 0 Å². The third-order valence-corrected chi connectivity index (χ3v) is 1.27. The van der Waals surface area contributed by atoms with Crippen molar-refractivity contribution in [2.75, 3.05) is 6.54 Å². The van der Waals surface area contributed by atoms with Gasteiger partial charge < -0.3 is 10.1 Å². The van der Waals surface area contributed by atoms with Gasteiger partial charge >= 0.3 is 5.82 Å². The fourth-order valence-electron chi connectivity index (χ4n) is 0.694. The Morgan fingerprint density at radius 2 is 2.40 bits per heavy atom. The Morgan fingerprint density at radius 3 is 2.80 bits per heavy atom. The molecule has 0 saturated heterocycles. The second kappa shape index (κ2) is 2.51. The van der Waals surface area contributed by atoms with E-state index in [4.69, 9.17) is 0 Å². The van der Waals surface area contributed by atoms with Crippen LogP contribution in [0.4, 0.5) is 0 Å². The highest BCUT2D eigenvalue weighted by Crippen LogP contribution is 2.02. The van der Waals surface area contributed by atoms with Crippen LogP contribution in [0.5, 0.6) is 0 Å².